The summed E-state index contributed by atoms with van der Waals surface area (Å²) in [5, 5.41) is 13.8. The monoisotopic (exact) mass is 445 g/mol. The minimum Gasteiger partial charge on any atom is -0.324 e. The van der Waals surface area contributed by atoms with Crippen LogP contribution >= 0.6 is 23.2 Å². The lowest BCUT2D eigenvalue weighted by Gasteiger charge is -2.08. The summed E-state index contributed by atoms with van der Waals surface area (Å²) in [6.45, 7) is 2.91. The maximum Gasteiger partial charge on any atom is 0.278 e. The second kappa shape index (κ2) is 9.06. The van der Waals surface area contributed by atoms with E-state index in [4.69, 9.17) is 23.2 Å². The first-order chi connectivity index (χ1) is 14.2. The van der Waals surface area contributed by atoms with Crippen LogP contribution in [0.1, 0.15) is 33.5 Å². The average molecular weight is 446 g/mol. The third kappa shape index (κ3) is 5.03. The Morgan fingerprint density at radius 1 is 1.07 bits per heavy atom. The maximum absolute atomic E-state index is 12.5. The average Bonchev–Trinajstić information content (AvgIpc) is 3.05. The highest BCUT2D eigenvalue weighted by Gasteiger charge is 2.19. The van der Waals surface area contributed by atoms with E-state index in [1.807, 2.05) is 0 Å². The molecule has 0 saturated heterocycles. The van der Waals surface area contributed by atoms with Crippen molar-refractivity contribution in [1.29, 1.82) is 0 Å². The molecule has 0 aliphatic heterocycles. The fraction of sp³-hybridized carbons (Fsp3) is 0.150. The Morgan fingerprint density at radius 2 is 1.83 bits per heavy atom. The summed E-state index contributed by atoms with van der Waals surface area (Å²) in [5.74, 6) is -1.01. The first-order valence-electron chi connectivity index (χ1n) is 8.82. The Balaban J connectivity index is 1.69. The zero-order valence-electron chi connectivity index (χ0n) is 16.1. The molecule has 0 aliphatic carbocycles. The molecular weight excluding hydrogens is 429 g/mol. The number of nitrogens with one attached hydrogen (secondary N) is 2. The fourth-order valence-corrected chi connectivity index (χ4v) is 2.98. The van der Waals surface area contributed by atoms with Crippen LogP contribution in [0, 0.1) is 6.92 Å². The number of nitrogens with zero attached hydrogens (tertiary/aromatic N) is 3. The maximum atomic E-state index is 12.5. The van der Waals surface area contributed by atoms with Gasteiger partial charge in [0.25, 0.3) is 5.91 Å². The van der Waals surface area contributed by atoms with Crippen molar-refractivity contribution in [3.05, 3.63) is 69.5 Å². The molecule has 30 heavy (non-hydrogen) atoms. The Bertz CT molecular complexity index is 1140. The number of halogens is 2. The molecule has 0 spiro atoms. The number of carbonyl (C=O) groups excluding carboxylic acids is 3. The molecule has 0 atom stereocenters. The zero-order chi connectivity index (χ0) is 21.8. The molecule has 2 aromatic carbocycles. The highest BCUT2D eigenvalue weighted by Crippen LogP contribution is 2.26. The van der Waals surface area contributed by atoms with E-state index in [2.05, 4.69) is 20.9 Å². The van der Waals surface area contributed by atoms with Crippen LogP contribution in [0.25, 0.3) is 0 Å². The molecule has 3 rings (SSSR count). The second-order valence-corrected chi connectivity index (χ2v) is 7.29. The Labute approximate surface area is 182 Å². The van der Waals surface area contributed by atoms with E-state index < -0.39 is 5.91 Å². The number of carbonyl (C=O) groups is 3. The molecule has 1 aromatic heterocycles. The van der Waals surface area contributed by atoms with Gasteiger partial charge >= 0.3 is 0 Å². The van der Waals surface area contributed by atoms with Crippen molar-refractivity contribution in [2.24, 2.45) is 0 Å². The Kier molecular flexibility index (Phi) is 6.49. The Morgan fingerprint density at radius 3 is 2.57 bits per heavy atom. The highest BCUT2D eigenvalue weighted by molar-refractivity contribution is 6.35. The molecule has 2 N–H and O–H groups in total. The first-order valence-corrected chi connectivity index (χ1v) is 9.57. The van der Waals surface area contributed by atoms with Crippen molar-refractivity contribution in [3.8, 4) is 0 Å². The van der Waals surface area contributed by atoms with E-state index in [9.17, 15) is 14.4 Å². The molecule has 154 valence electrons. The summed E-state index contributed by atoms with van der Waals surface area (Å²) < 4.78 is 1.30. The number of amides is 2. The number of aromatic nitrogens is 3. The first kappa shape index (κ1) is 21.5. The third-order valence-corrected chi connectivity index (χ3v) is 4.79. The third-order valence-electron chi connectivity index (χ3n) is 4.22. The van der Waals surface area contributed by atoms with E-state index in [0.717, 1.165) is 0 Å². The smallest absolute Gasteiger partial charge is 0.278 e. The van der Waals surface area contributed by atoms with Gasteiger partial charge in [-0.2, -0.15) is 0 Å². The molecule has 0 bridgehead atoms. The lowest BCUT2D eigenvalue weighted by molar-refractivity contribution is -0.117. The van der Waals surface area contributed by atoms with Crippen LogP contribution in [-0.4, -0.2) is 32.6 Å². The molecule has 1 heterocycles. The van der Waals surface area contributed by atoms with Gasteiger partial charge in [0, 0.05) is 16.3 Å². The molecule has 8 nitrogen and oxygen atoms in total. The van der Waals surface area contributed by atoms with Crippen LogP contribution in [0.4, 0.5) is 11.4 Å². The lowest BCUT2D eigenvalue weighted by Crippen LogP contribution is -2.21. The number of benzene rings is 2. The van der Waals surface area contributed by atoms with Gasteiger partial charge in [-0.25, -0.2) is 4.68 Å². The van der Waals surface area contributed by atoms with Crippen molar-refractivity contribution in [2.75, 3.05) is 10.6 Å². The van der Waals surface area contributed by atoms with Gasteiger partial charge in [0.1, 0.15) is 6.54 Å². The number of anilines is 2. The normalized spacial score (nSPS) is 10.5. The quantitative estimate of drug-likeness (QED) is 0.557. The van der Waals surface area contributed by atoms with Gasteiger partial charge in [-0.05, 0) is 44.2 Å². The summed E-state index contributed by atoms with van der Waals surface area (Å²) in [5.41, 5.74) is 1.77. The van der Waals surface area contributed by atoms with Gasteiger partial charge in [0.2, 0.25) is 5.91 Å². The summed E-state index contributed by atoms with van der Waals surface area (Å²) >= 11 is 12.0. The van der Waals surface area contributed by atoms with Crippen LogP contribution in [0.5, 0.6) is 0 Å². The molecule has 0 aliphatic rings. The highest BCUT2D eigenvalue weighted by atomic mass is 35.5. The largest absolute Gasteiger partial charge is 0.324 e. The van der Waals surface area contributed by atoms with Crippen molar-refractivity contribution in [3.63, 3.8) is 0 Å². The van der Waals surface area contributed by atoms with Crippen molar-refractivity contribution < 1.29 is 14.4 Å². The molecule has 0 radical (unpaired) electrons. The zero-order valence-corrected chi connectivity index (χ0v) is 17.6. The number of hydrogen-bond donors (Lipinski definition) is 2. The standard InChI is InChI=1S/C20H17Cl2N5O3/c1-11-19(20(30)24-17-9-14(21)6-7-16(17)22)25-26-27(11)10-18(29)23-15-5-3-4-13(8-15)12(2)28/h3-9H,10H2,1-2H3,(H,23,29)(H,24,30). The number of rotatable bonds is 6. The summed E-state index contributed by atoms with van der Waals surface area (Å²) in [4.78, 5) is 36.3. The van der Waals surface area contributed by atoms with E-state index in [-0.39, 0.29) is 23.9 Å². The van der Waals surface area contributed by atoms with Crippen LogP contribution < -0.4 is 10.6 Å². The topological polar surface area (TPSA) is 106 Å². The van der Waals surface area contributed by atoms with Gasteiger partial charge in [-0.1, -0.05) is 40.5 Å². The minimum absolute atomic E-state index is 0.0532. The summed E-state index contributed by atoms with van der Waals surface area (Å²) in [6.07, 6.45) is 0. The predicted molar refractivity (Wildman–Crippen MR) is 114 cm³/mol. The van der Waals surface area contributed by atoms with Gasteiger partial charge in [-0.15, -0.1) is 5.10 Å². The molecule has 0 fully saturated rings. The van der Waals surface area contributed by atoms with Crippen molar-refractivity contribution in [1.82, 2.24) is 15.0 Å². The van der Waals surface area contributed by atoms with Crippen LogP contribution in [0.3, 0.4) is 0 Å². The molecule has 0 saturated carbocycles. The summed E-state index contributed by atoms with van der Waals surface area (Å²) in [6, 6.07) is 11.3. The fourth-order valence-electron chi connectivity index (χ4n) is 2.65. The number of ketones is 1. The van der Waals surface area contributed by atoms with Gasteiger partial charge in [0.15, 0.2) is 11.5 Å². The van der Waals surface area contributed by atoms with Crippen LogP contribution in [-0.2, 0) is 11.3 Å². The minimum atomic E-state index is -0.530. The van der Waals surface area contributed by atoms with Crippen molar-refractivity contribution in [2.45, 2.75) is 20.4 Å². The van der Waals surface area contributed by atoms with Crippen LogP contribution in [0.2, 0.25) is 10.0 Å². The van der Waals surface area contributed by atoms with E-state index in [0.29, 0.717) is 32.7 Å². The van der Waals surface area contributed by atoms with Gasteiger partial charge in [-0.3, -0.25) is 14.4 Å². The molecule has 10 heteroatoms. The molecule has 2 amide bonds. The SMILES string of the molecule is CC(=O)c1cccc(NC(=O)Cn2nnc(C(=O)Nc3cc(Cl)ccc3Cl)c2C)c1. The van der Waals surface area contributed by atoms with Crippen molar-refractivity contribution >= 4 is 52.2 Å². The van der Waals surface area contributed by atoms with E-state index in [1.165, 1.54) is 17.7 Å². The van der Waals surface area contributed by atoms with Gasteiger partial charge in [0.05, 0.1) is 16.4 Å². The number of hydrogen-bond acceptors (Lipinski definition) is 5. The Hall–Kier alpha value is -3.23. The molecule has 0 unspecified atom stereocenters. The van der Waals surface area contributed by atoms with E-state index in [1.54, 1.807) is 43.3 Å². The predicted octanol–water partition coefficient (Wildman–Crippen LogP) is 3.99. The summed E-state index contributed by atoms with van der Waals surface area (Å²) in [7, 11) is 0. The molecular formula is C20H17Cl2N5O3. The van der Waals surface area contributed by atoms with Crippen LogP contribution in [0.15, 0.2) is 42.5 Å². The number of Topliss-reactive ketones (excluding diaryl/α,β-unsaturated/α-hetero) is 1. The second-order valence-electron chi connectivity index (χ2n) is 6.44. The molecule has 3 aromatic rings. The van der Waals surface area contributed by atoms with Gasteiger partial charge < -0.3 is 10.6 Å². The van der Waals surface area contributed by atoms with E-state index >= 15 is 0 Å². The lowest BCUT2D eigenvalue weighted by atomic mass is 10.1.